The molecular formula is C15H18N2O5. The Bertz CT molecular complexity index is 583. The second-order valence-electron chi connectivity index (χ2n) is 4.68. The highest BCUT2D eigenvalue weighted by Crippen LogP contribution is 2.24. The van der Waals surface area contributed by atoms with Crippen molar-refractivity contribution in [1.82, 2.24) is 0 Å². The van der Waals surface area contributed by atoms with Gasteiger partial charge in [-0.3, -0.25) is 14.4 Å². The molecule has 0 aliphatic carbocycles. The van der Waals surface area contributed by atoms with E-state index in [0.29, 0.717) is 18.4 Å². The molecule has 7 heteroatoms. The van der Waals surface area contributed by atoms with E-state index < -0.39 is 11.8 Å². The zero-order valence-electron chi connectivity index (χ0n) is 12.0. The van der Waals surface area contributed by atoms with Crippen molar-refractivity contribution >= 4 is 23.9 Å². The molecule has 0 atom stereocenters. The molecule has 1 aromatic rings. The maximum Gasteiger partial charge on any atom is 0.255 e. The molecule has 0 bridgehead atoms. The monoisotopic (exact) mass is 306 g/mol. The summed E-state index contributed by atoms with van der Waals surface area (Å²) in [5, 5.41) is 0. The summed E-state index contributed by atoms with van der Waals surface area (Å²) in [6, 6.07) is 4.55. The van der Waals surface area contributed by atoms with E-state index in [4.69, 9.17) is 16.2 Å². The molecule has 4 N–H and O–H groups in total. The number of ketones is 1. The average Bonchev–Trinajstić information content (AvgIpc) is 2.45. The lowest BCUT2D eigenvalue weighted by atomic mass is 9.98. The summed E-state index contributed by atoms with van der Waals surface area (Å²) < 4.78 is 5.23. The molecule has 0 heterocycles. The number of carbonyl (C=O) groups is 4. The van der Waals surface area contributed by atoms with E-state index in [1.54, 1.807) is 0 Å². The molecule has 0 radical (unpaired) electrons. The molecule has 0 aromatic heterocycles. The molecule has 0 spiro atoms. The number of Topliss-reactive ketones (excluding diaryl/α,β-unsaturated/α-hetero) is 1. The van der Waals surface area contributed by atoms with E-state index in [0.717, 1.165) is 6.29 Å². The normalized spacial score (nSPS) is 10.0. The maximum atomic E-state index is 11.9. The van der Waals surface area contributed by atoms with Crippen molar-refractivity contribution in [2.75, 3.05) is 6.61 Å². The van der Waals surface area contributed by atoms with Crippen LogP contribution in [-0.2, 0) is 20.8 Å². The predicted octanol–water partition coefficient (Wildman–Crippen LogP) is 0.130. The lowest BCUT2D eigenvalue weighted by molar-refractivity contribution is -0.120. The van der Waals surface area contributed by atoms with E-state index in [1.165, 1.54) is 18.2 Å². The number of unbranched alkanes of at least 4 members (excludes halogenated alkanes) is 1. The molecule has 1 aromatic carbocycles. The van der Waals surface area contributed by atoms with E-state index >= 15 is 0 Å². The summed E-state index contributed by atoms with van der Waals surface area (Å²) in [7, 11) is 0. The SMILES string of the molecule is NC(=O)COc1cccc(C(N)=O)c1CC(=O)CCCC=O. The van der Waals surface area contributed by atoms with Gasteiger partial charge in [-0.1, -0.05) is 6.07 Å². The molecular weight excluding hydrogens is 288 g/mol. The van der Waals surface area contributed by atoms with Crippen LogP contribution in [0.5, 0.6) is 5.75 Å². The van der Waals surface area contributed by atoms with Crippen molar-refractivity contribution in [3.8, 4) is 5.75 Å². The van der Waals surface area contributed by atoms with Gasteiger partial charge in [-0.05, 0) is 18.6 Å². The van der Waals surface area contributed by atoms with Gasteiger partial charge < -0.3 is 21.0 Å². The Labute approximate surface area is 127 Å². The van der Waals surface area contributed by atoms with Crippen LogP contribution in [0.15, 0.2) is 18.2 Å². The van der Waals surface area contributed by atoms with Crippen molar-refractivity contribution in [3.05, 3.63) is 29.3 Å². The molecule has 0 aliphatic rings. The van der Waals surface area contributed by atoms with Gasteiger partial charge in [0.25, 0.3) is 5.91 Å². The van der Waals surface area contributed by atoms with E-state index in [2.05, 4.69) is 0 Å². The van der Waals surface area contributed by atoms with Crippen LogP contribution in [-0.4, -0.2) is 30.5 Å². The molecule has 0 unspecified atom stereocenters. The first-order chi connectivity index (χ1) is 10.5. The van der Waals surface area contributed by atoms with Crippen LogP contribution in [0.2, 0.25) is 0 Å². The average molecular weight is 306 g/mol. The molecule has 2 amide bonds. The first-order valence-electron chi connectivity index (χ1n) is 6.73. The minimum Gasteiger partial charge on any atom is -0.483 e. The number of carbonyl (C=O) groups excluding carboxylic acids is 4. The van der Waals surface area contributed by atoms with Crippen LogP contribution in [0.4, 0.5) is 0 Å². The quantitative estimate of drug-likeness (QED) is 0.469. The van der Waals surface area contributed by atoms with Gasteiger partial charge in [0.1, 0.15) is 17.8 Å². The van der Waals surface area contributed by atoms with Gasteiger partial charge in [0, 0.05) is 30.4 Å². The number of nitrogens with two attached hydrogens (primary N) is 2. The van der Waals surface area contributed by atoms with Crippen molar-refractivity contribution in [2.24, 2.45) is 11.5 Å². The summed E-state index contributed by atoms with van der Waals surface area (Å²) in [6.45, 7) is -0.367. The predicted molar refractivity (Wildman–Crippen MR) is 78.3 cm³/mol. The Morgan fingerprint density at radius 1 is 1.18 bits per heavy atom. The standard InChI is InChI=1S/C15H18N2O5/c16-14(20)9-22-13-6-3-5-11(15(17)21)12(13)8-10(19)4-1-2-7-18/h3,5-7H,1-2,4,8-9H2,(H2,16,20)(H2,17,21). The molecule has 0 saturated carbocycles. The minimum absolute atomic E-state index is 0.0634. The second kappa shape index (κ2) is 8.56. The van der Waals surface area contributed by atoms with Gasteiger partial charge in [-0.15, -0.1) is 0 Å². The van der Waals surface area contributed by atoms with Crippen LogP contribution < -0.4 is 16.2 Å². The Morgan fingerprint density at radius 3 is 2.50 bits per heavy atom. The summed E-state index contributed by atoms with van der Waals surface area (Å²) in [6.07, 6.45) is 1.63. The first-order valence-corrected chi connectivity index (χ1v) is 6.73. The number of ether oxygens (including phenoxy) is 1. The lowest BCUT2D eigenvalue weighted by Gasteiger charge is -2.13. The lowest BCUT2D eigenvalue weighted by Crippen LogP contribution is -2.22. The van der Waals surface area contributed by atoms with Gasteiger partial charge in [0.15, 0.2) is 6.61 Å². The zero-order chi connectivity index (χ0) is 16.5. The largest absolute Gasteiger partial charge is 0.483 e. The highest BCUT2D eigenvalue weighted by molar-refractivity contribution is 5.97. The van der Waals surface area contributed by atoms with E-state index in [9.17, 15) is 19.2 Å². The number of hydrogen-bond donors (Lipinski definition) is 2. The third-order valence-electron chi connectivity index (χ3n) is 2.92. The van der Waals surface area contributed by atoms with E-state index in [-0.39, 0.29) is 36.5 Å². The number of aldehydes is 1. The fraction of sp³-hybridized carbons (Fsp3) is 0.333. The summed E-state index contributed by atoms with van der Waals surface area (Å²) in [5.74, 6) is -1.30. The zero-order valence-corrected chi connectivity index (χ0v) is 12.0. The number of amides is 2. The molecule has 1 rings (SSSR count). The third-order valence-corrected chi connectivity index (χ3v) is 2.92. The molecule has 0 saturated heterocycles. The maximum absolute atomic E-state index is 11.9. The molecule has 0 aliphatic heterocycles. The molecule has 22 heavy (non-hydrogen) atoms. The Kier molecular flexibility index (Phi) is 6.75. The van der Waals surface area contributed by atoms with Crippen LogP contribution in [0, 0.1) is 0 Å². The Balaban J connectivity index is 2.96. The van der Waals surface area contributed by atoms with Crippen molar-refractivity contribution < 1.29 is 23.9 Å². The molecule has 118 valence electrons. The fourth-order valence-corrected chi connectivity index (χ4v) is 1.93. The van der Waals surface area contributed by atoms with Gasteiger partial charge in [-0.25, -0.2) is 0 Å². The highest BCUT2D eigenvalue weighted by atomic mass is 16.5. The van der Waals surface area contributed by atoms with Crippen LogP contribution >= 0.6 is 0 Å². The number of rotatable bonds is 10. The molecule has 0 fully saturated rings. The fourth-order valence-electron chi connectivity index (χ4n) is 1.93. The van der Waals surface area contributed by atoms with Gasteiger partial charge in [0.2, 0.25) is 5.91 Å². The number of hydrogen-bond acceptors (Lipinski definition) is 5. The Hall–Kier alpha value is -2.70. The second-order valence-corrected chi connectivity index (χ2v) is 4.68. The van der Waals surface area contributed by atoms with Crippen molar-refractivity contribution in [2.45, 2.75) is 25.7 Å². The summed E-state index contributed by atoms with van der Waals surface area (Å²) >= 11 is 0. The van der Waals surface area contributed by atoms with Crippen LogP contribution in [0.25, 0.3) is 0 Å². The van der Waals surface area contributed by atoms with Crippen molar-refractivity contribution in [3.63, 3.8) is 0 Å². The van der Waals surface area contributed by atoms with Gasteiger partial charge in [0.05, 0.1) is 0 Å². The van der Waals surface area contributed by atoms with Gasteiger partial charge >= 0.3 is 0 Å². The van der Waals surface area contributed by atoms with E-state index in [1.807, 2.05) is 0 Å². The van der Waals surface area contributed by atoms with Crippen molar-refractivity contribution in [1.29, 1.82) is 0 Å². The third kappa shape index (κ3) is 5.35. The van der Waals surface area contributed by atoms with Gasteiger partial charge in [-0.2, -0.15) is 0 Å². The Morgan fingerprint density at radius 2 is 1.91 bits per heavy atom. The summed E-state index contributed by atoms with van der Waals surface area (Å²) in [5.41, 5.74) is 10.8. The first kappa shape index (κ1) is 17.4. The van der Waals surface area contributed by atoms with Crippen LogP contribution in [0.3, 0.4) is 0 Å². The molecule has 7 nitrogen and oxygen atoms in total. The minimum atomic E-state index is -0.694. The highest BCUT2D eigenvalue weighted by Gasteiger charge is 2.17. The summed E-state index contributed by atoms with van der Waals surface area (Å²) in [4.78, 5) is 44.5. The van der Waals surface area contributed by atoms with Crippen LogP contribution in [0.1, 0.15) is 35.2 Å². The smallest absolute Gasteiger partial charge is 0.255 e. The number of benzene rings is 1. The number of primary amides is 2. The topological polar surface area (TPSA) is 130 Å².